The molecule has 0 aliphatic heterocycles. The number of rotatable bonds is 1. The molecule has 0 amide bonds. The highest BCUT2D eigenvalue weighted by atomic mass is 19.2. The summed E-state index contributed by atoms with van der Waals surface area (Å²) in [6.45, 7) is 0. The van der Waals surface area contributed by atoms with Gasteiger partial charge in [-0.05, 0) is 24.8 Å². The molecule has 70 valence electrons. The quantitative estimate of drug-likeness (QED) is 0.624. The Labute approximate surface area is 76.6 Å². The van der Waals surface area contributed by atoms with E-state index in [1.54, 1.807) is 24.3 Å². The Kier molecular flexibility index (Phi) is 2.06. The highest BCUT2D eigenvalue weighted by Gasteiger charge is 2.45. The monoisotopic (exact) mass is 182 g/mol. The molecule has 1 fully saturated rings. The molecule has 0 aromatic heterocycles. The molecule has 0 saturated heterocycles. The van der Waals surface area contributed by atoms with Crippen molar-refractivity contribution in [2.45, 2.75) is 31.1 Å². The van der Waals surface area contributed by atoms with Gasteiger partial charge in [0.05, 0.1) is 0 Å². The average Bonchev–Trinajstić information content (AvgIpc) is 2.50. The second kappa shape index (κ2) is 3.09. The topological polar surface area (TPSA) is 0 Å². The maximum Gasteiger partial charge on any atom is 0.166 e. The van der Waals surface area contributed by atoms with Crippen LogP contribution in [0.1, 0.15) is 24.8 Å². The Balaban J connectivity index is 2.34. The number of benzene rings is 1. The lowest BCUT2D eigenvalue weighted by atomic mass is 9.93. The van der Waals surface area contributed by atoms with E-state index in [9.17, 15) is 8.78 Å². The van der Waals surface area contributed by atoms with E-state index in [0.717, 1.165) is 0 Å². The molecule has 1 aliphatic rings. The smallest absolute Gasteiger partial charge is 0.166 e. The third-order valence-electron chi connectivity index (χ3n) is 2.75. The van der Waals surface area contributed by atoms with Crippen LogP contribution in [0.3, 0.4) is 0 Å². The fourth-order valence-electron chi connectivity index (χ4n) is 1.96. The van der Waals surface area contributed by atoms with Crippen molar-refractivity contribution in [2.24, 2.45) is 0 Å². The van der Waals surface area contributed by atoms with E-state index in [4.69, 9.17) is 0 Å². The van der Waals surface area contributed by atoms with Gasteiger partial charge in [0.2, 0.25) is 0 Å². The van der Waals surface area contributed by atoms with Crippen LogP contribution in [0.2, 0.25) is 0 Å². The molecular weight excluding hydrogens is 170 g/mol. The van der Waals surface area contributed by atoms with E-state index in [2.05, 4.69) is 0 Å². The molecule has 0 N–H and O–H groups in total. The first-order valence-electron chi connectivity index (χ1n) is 4.62. The van der Waals surface area contributed by atoms with Gasteiger partial charge in [-0.15, -0.1) is 0 Å². The SMILES string of the molecule is F[C@@H]1CCC[C@]1(F)c1ccccc1. The fourth-order valence-corrected chi connectivity index (χ4v) is 1.96. The van der Waals surface area contributed by atoms with Crippen molar-refractivity contribution in [3.63, 3.8) is 0 Å². The Morgan fingerprint density at radius 3 is 2.46 bits per heavy atom. The van der Waals surface area contributed by atoms with Gasteiger partial charge in [-0.25, -0.2) is 8.78 Å². The summed E-state index contributed by atoms with van der Waals surface area (Å²) in [5.74, 6) is 0. The van der Waals surface area contributed by atoms with E-state index < -0.39 is 11.8 Å². The summed E-state index contributed by atoms with van der Waals surface area (Å²) in [4.78, 5) is 0. The number of alkyl halides is 2. The van der Waals surface area contributed by atoms with Crippen LogP contribution in [-0.4, -0.2) is 6.17 Å². The molecule has 0 nitrogen and oxygen atoms in total. The molecule has 0 radical (unpaired) electrons. The van der Waals surface area contributed by atoms with Crippen molar-refractivity contribution in [3.05, 3.63) is 35.9 Å². The predicted molar refractivity (Wildman–Crippen MR) is 48.0 cm³/mol. The minimum Gasteiger partial charge on any atom is -0.244 e. The molecule has 0 bridgehead atoms. The summed E-state index contributed by atoms with van der Waals surface area (Å²) in [6, 6.07) is 8.65. The van der Waals surface area contributed by atoms with Crippen molar-refractivity contribution in [3.8, 4) is 0 Å². The number of hydrogen-bond acceptors (Lipinski definition) is 0. The third kappa shape index (κ3) is 1.34. The second-order valence-corrected chi connectivity index (χ2v) is 3.59. The van der Waals surface area contributed by atoms with Gasteiger partial charge in [0.1, 0.15) is 6.17 Å². The maximum absolute atomic E-state index is 14.1. The molecular formula is C11H12F2. The molecule has 0 heterocycles. The minimum absolute atomic E-state index is 0.318. The number of hydrogen-bond donors (Lipinski definition) is 0. The Bertz CT molecular complexity index is 283. The molecule has 1 aliphatic carbocycles. The lowest BCUT2D eigenvalue weighted by Gasteiger charge is -2.22. The standard InChI is InChI=1S/C11H12F2/c12-10-7-4-8-11(10,13)9-5-2-1-3-6-9/h1-3,5-6,10H,4,7-8H2/t10-,11+/m1/s1. The fraction of sp³-hybridized carbons (Fsp3) is 0.455. The largest absolute Gasteiger partial charge is 0.244 e. The van der Waals surface area contributed by atoms with E-state index in [0.29, 0.717) is 24.8 Å². The Hall–Kier alpha value is -0.920. The highest BCUT2D eigenvalue weighted by molar-refractivity contribution is 5.25. The molecule has 2 rings (SSSR count). The molecule has 0 spiro atoms. The molecule has 2 heteroatoms. The Morgan fingerprint density at radius 2 is 1.92 bits per heavy atom. The van der Waals surface area contributed by atoms with Crippen LogP contribution < -0.4 is 0 Å². The summed E-state index contributed by atoms with van der Waals surface area (Å²) >= 11 is 0. The van der Waals surface area contributed by atoms with Gasteiger partial charge in [-0.2, -0.15) is 0 Å². The third-order valence-corrected chi connectivity index (χ3v) is 2.75. The first kappa shape index (κ1) is 8.67. The molecule has 13 heavy (non-hydrogen) atoms. The first-order chi connectivity index (χ1) is 6.23. The van der Waals surface area contributed by atoms with Crippen LogP contribution in [-0.2, 0) is 5.67 Å². The average molecular weight is 182 g/mol. The van der Waals surface area contributed by atoms with Crippen LogP contribution in [0.5, 0.6) is 0 Å². The maximum atomic E-state index is 14.1. The van der Waals surface area contributed by atoms with Crippen molar-refractivity contribution < 1.29 is 8.78 Å². The van der Waals surface area contributed by atoms with Gasteiger partial charge < -0.3 is 0 Å². The van der Waals surface area contributed by atoms with Gasteiger partial charge >= 0.3 is 0 Å². The van der Waals surface area contributed by atoms with Crippen molar-refractivity contribution in [1.82, 2.24) is 0 Å². The zero-order valence-electron chi connectivity index (χ0n) is 7.34. The lowest BCUT2D eigenvalue weighted by molar-refractivity contribution is 0.0754. The van der Waals surface area contributed by atoms with Crippen molar-refractivity contribution in [1.29, 1.82) is 0 Å². The van der Waals surface area contributed by atoms with Crippen LogP contribution in [0.15, 0.2) is 30.3 Å². The lowest BCUT2D eigenvalue weighted by Crippen LogP contribution is -2.26. The molecule has 1 saturated carbocycles. The number of halogens is 2. The Morgan fingerprint density at radius 1 is 1.23 bits per heavy atom. The second-order valence-electron chi connectivity index (χ2n) is 3.59. The first-order valence-corrected chi connectivity index (χ1v) is 4.62. The summed E-state index contributed by atoms with van der Waals surface area (Å²) in [7, 11) is 0. The van der Waals surface area contributed by atoms with Gasteiger partial charge in [-0.3, -0.25) is 0 Å². The summed E-state index contributed by atoms with van der Waals surface area (Å²) in [6.07, 6.45) is -0.00856. The zero-order valence-corrected chi connectivity index (χ0v) is 7.34. The summed E-state index contributed by atoms with van der Waals surface area (Å²) in [5.41, 5.74) is -1.23. The summed E-state index contributed by atoms with van der Waals surface area (Å²) < 4.78 is 27.3. The van der Waals surface area contributed by atoms with Gasteiger partial charge in [0.25, 0.3) is 0 Å². The van der Waals surface area contributed by atoms with Crippen LogP contribution in [0.25, 0.3) is 0 Å². The van der Waals surface area contributed by atoms with Gasteiger partial charge in [0, 0.05) is 0 Å². The van der Waals surface area contributed by atoms with E-state index in [1.807, 2.05) is 6.07 Å². The molecule has 1 aromatic carbocycles. The van der Waals surface area contributed by atoms with E-state index in [1.165, 1.54) is 0 Å². The predicted octanol–water partition coefficient (Wildman–Crippen LogP) is 3.37. The zero-order chi connectivity index (χ0) is 9.31. The molecule has 0 unspecified atom stereocenters. The highest BCUT2D eigenvalue weighted by Crippen LogP contribution is 2.44. The van der Waals surface area contributed by atoms with Crippen molar-refractivity contribution in [2.75, 3.05) is 0 Å². The van der Waals surface area contributed by atoms with Gasteiger partial charge in [-0.1, -0.05) is 30.3 Å². The van der Waals surface area contributed by atoms with E-state index >= 15 is 0 Å². The molecule has 2 atom stereocenters. The van der Waals surface area contributed by atoms with Crippen LogP contribution in [0, 0.1) is 0 Å². The van der Waals surface area contributed by atoms with Crippen molar-refractivity contribution >= 4 is 0 Å². The summed E-state index contributed by atoms with van der Waals surface area (Å²) in [5, 5.41) is 0. The minimum atomic E-state index is -1.72. The van der Waals surface area contributed by atoms with E-state index in [-0.39, 0.29) is 0 Å². The van der Waals surface area contributed by atoms with Crippen LogP contribution in [0.4, 0.5) is 8.78 Å². The normalized spacial score (nSPS) is 33.5. The van der Waals surface area contributed by atoms with Gasteiger partial charge in [0.15, 0.2) is 5.67 Å². The molecule has 1 aromatic rings. The van der Waals surface area contributed by atoms with Crippen LogP contribution >= 0.6 is 0 Å².